The molecule has 0 spiro atoms. The Morgan fingerprint density at radius 1 is 1.03 bits per heavy atom. The predicted molar refractivity (Wildman–Crippen MR) is 127 cm³/mol. The molecule has 0 aliphatic rings. The molecule has 7 heteroatoms. The fourth-order valence-corrected chi connectivity index (χ4v) is 4.40. The molecular weight excluding hydrogens is 439 g/mol. The SMILES string of the molecule is CCNC(=O)[C@H](C)N(Cc1ccc(Cl)c(Cl)c1)C(=O)CSCc1cc(C)cc(C)c1. The Balaban J connectivity index is 2.10. The minimum atomic E-state index is -0.589. The van der Waals surface area contributed by atoms with Gasteiger partial charge in [0.05, 0.1) is 15.8 Å². The number of likely N-dealkylation sites (N-methyl/N-ethyl adjacent to an activating group) is 1. The molecule has 1 N–H and O–H groups in total. The first-order valence-corrected chi connectivity index (χ1v) is 11.8. The van der Waals surface area contributed by atoms with Crippen LogP contribution in [0.5, 0.6) is 0 Å². The van der Waals surface area contributed by atoms with Crippen LogP contribution in [0.25, 0.3) is 0 Å². The Hall–Kier alpha value is -1.69. The van der Waals surface area contributed by atoms with Gasteiger partial charge in [-0.15, -0.1) is 11.8 Å². The van der Waals surface area contributed by atoms with Gasteiger partial charge in [-0.1, -0.05) is 58.6 Å². The third-order valence-electron chi connectivity index (χ3n) is 4.63. The van der Waals surface area contributed by atoms with Gasteiger partial charge in [-0.3, -0.25) is 9.59 Å². The molecule has 0 fully saturated rings. The summed E-state index contributed by atoms with van der Waals surface area (Å²) in [6.45, 7) is 8.54. The number of hydrogen-bond donors (Lipinski definition) is 1. The first kappa shape index (κ1) is 24.6. The molecule has 2 aromatic rings. The van der Waals surface area contributed by atoms with E-state index in [1.54, 1.807) is 35.7 Å². The summed E-state index contributed by atoms with van der Waals surface area (Å²) in [6, 6.07) is 11.1. The molecule has 0 bridgehead atoms. The number of nitrogens with zero attached hydrogens (tertiary/aromatic N) is 1. The maximum atomic E-state index is 13.0. The molecule has 0 heterocycles. The van der Waals surface area contributed by atoms with E-state index in [4.69, 9.17) is 23.2 Å². The number of amides is 2. The van der Waals surface area contributed by atoms with Gasteiger partial charge in [-0.25, -0.2) is 0 Å². The van der Waals surface area contributed by atoms with Gasteiger partial charge in [0.1, 0.15) is 6.04 Å². The van der Waals surface area contributed by atoms with Crippen LogP contribution in [0.4, 0.5) is 0 Å². The summed E-state index contributed by atoms with van der Waals surface area (Å²) < 4.78 is 0. The molecule has 0 saturated carbocycles. The van der Waals surface area contributed by atoms with Crippen molar-refractivity contribution in [3.05, 3.63) is 68.7 Å². The fraction of sp³-hybridized carbons (Fsp3) is 0.391. The second-order valence-corrected chi connectivity index (χ2v) is 9.13. The van der Waals surface area contributed by atoms with Crippen LogP contribution in [0.15, 0.2) is 36.4 Å². The van der Waals surface area contributed by atoms with Crippen LogP contribution in [-0.2, 0) is 21.9 Å². The summed E-state index contributed by atoms with van der Waals surface area (Å²) in [6.07, 6.45) is 0. The summed E-state index contributed by atoms with van der Waals surface area (Å²) >= 11 is 13.7. The molecule has 2 amide bonds. The van der Waals surface area contributed by atoms with E-state index in [9.17, 15) is 9.59 Å². The highest BCUT2D eigenvalue weighted by atomic mass is 35.5. The number of nitrogens with one attached hydrogen (secondary N) is 1. The van der Waals surface area contributed by atoms with E-state index in [1.807, 2.05) is 13.0 Å². The zero-order valence-corrected chi connectivity index (χ0v) is 20.1. The number of rotatable bonds is 9. The number of benzene rings is 2. The van der Waals surface area contributed by atoms with Gasteiger partial charge < -0.3 is 10.2 Å². The number of aryl methyl sites for hydroxylation is 2. The zero-order valence-electron chi connectivity index (χ0n) is 17.8. The van der Waals surface area contributed by atoms with Gasteiger partial charge in [-0.2, -0.15) is 0 Å². The largest absolute Gasteiger partial charge is 0.355 e. The number of carbonyl (C=O) groups is 2. The van der Waals surface area contributed by atoms with Crippen molar-refractivity contribution in [2.24, 2.45) is 0 Å². The molecule has 162 valence electrons. The summed E-state index contributed by atoms with van der Waals surface area (Å²) in [7, 11) is 0. The van der Waals surface area contributed by atoms with Gasteiger partial charge >= 0.3 is 0 Å². The Morgan fingerprint density at radius 3 is 2.30 bits per heavy atom. The minimum Gasteiger partial charge on any atom is -0.355 e. The third kappa shape index (κ3) is 7.22. The lowest BCUT2D eigenvalue weighted by Crippen LogP contribution is -2.48. The predicted octanol–water partition coefficient (Wildman–Crippen LogP) is 5.40. The lowest BCUT2D eigenvalue weighted by molar-refractivity contribution is -0.138. The zero-order chi connectivity index (χ0) is 22.3. The molecule has 0 unspecified atom stereocenters. The minimum absolute atomic E-state index is 0.0887. The maximum Gasteiger partial charge on any atom is 0.242 e. The van der Waals surface area contributed by atoms with Crippen LogP contribution in [0, 0.1) is 13.8 Å². The van der Waals surface area contributed by atoms with Crippen LogP contribution in [0.1, 0.15) is 36.1 Å². The quantitative estimate of drug-likeness (QED) is 0.538. The Labute approximate surface area is 193 Å². The Kier molecular flexibility index (Phi) is 9.53. The van der Waals surface area contributed by atoms with Crippen LogP contribution >= 0.6 is 35.0 Å². The third-order valence-corrected chi connectivity index (χ3v) is 6.36. The molecule has 2 aromatic carbocycles. The first-order valence-electron chi connectivity index (χ1n) is 9.87. The number of thioether (sulfide) groups is 1. The lowest BCUT2D eigenvalue weighted by atomic mass is 10.1. The van der Waals surface area contributed by atoms with Gasteiger partial charge in [0, 0.05) is 18.8 Å². The van der Waals surface area contributed by atoms with Gasteiger partial charge in [-0.05, 0) is 51.0 Å². The molecule has 30 heavy (non-hydrogen) atoms. The van der Waals surface area contributed by atoms with Crippen LogP contribution in [-0.4, -0.2) is 35.1 Å². The lowest BCUT2D eigenvalue weighted by Gasteiger charge is -2.28. The summed E-state index contributed by atoms with van der Waals surface area (Å²) in [4.78, 5) is 27.0. The van der Waals surface area contributed by atoms with Crippen molar-refractivity contribution in [2.75, 3.05) is 12.3 Å². The van der Waals surface area contributed by atoms with Crippen molar-refractivity contribution in [1.82, 2.24) is 10.2 Å². The highest BCUT2D eigenvalue weighted by molar-refractivity contribution is 7.99. The Bertz CT molecular complexity index is 885. The molecule has 0 aliphatic carbocycles. The second kappa shape index (κ2) is 11.6. The molecule has 2 rings (SSSR count). The van der Waals surface area contributed by atoms with Gasteiger partial charge in [0.2, 0.25) is 11.8 Å². The molecule has 1 atom stereocenters. The number of hydrogen-bond acceptors (Lipinski definition) is 3. The van der Waals surface area contributed by atoms with Crippen molar-refractivity contribution in [2.45, 2.75) is 46.0 Å². The summed E-state index contributed by atoms with van der Waals surface area (Å²) in [5, 5.41) is 3.68. The molecule has 0 radical (unpaired) electrons. The van der Waals surface area contributed by atoms with Crippen molar-refractivity contribution >= 4 is 46.8 Å². The molecule has 0 aromatic heterocycles. The van der Waals surface area contributed by atoms with Crippen molar-refractivity contribution in [3.63, 3.8) is 0 Å². The standard InChI is InChI=1S/C23H28Cl2N2O2S/c1-5-26-23(29)17(4)27(12-18-6-7-20(24)21(25)11-18)22(28)14-30-13-19-9-15(2)8-16(3)10-19/h6-11,17H,5,12-14H2,1-4H3,(H,26,29)/t17-/m0/s1. The van der Waals surface area contributed by atoms with Gasteiger partial charge in [0.25, 0.3) is 0 Å². The van der Waals surface area contributed by atoms with E-state index >= 15 is 0 Å². The van der Waals surface area contributed by atoms with Gasteiger partial charge in [0.15, 0.2) is 0 Å². The Morgan fingerprint density at radius 2 is 1.70 bits per heavy atom. The van der Waals surface area contributed by atoms with E-state index in [-0.39, 0.29) is 24.1 Å². The molecule has 4 nitrogen and oxygen atoms in total. The van der Waals surface area contributed by atoms with E-state index in [1.165, 1.54) is 16.7 Å². The van der Waals surface area contributed by atoms with Crippen molar-refractivity contribution in [1.29, 1.82) is 0 Å². The number of carbonyl (C=O) groups excluding carboxylic acids is 2. The highest BCUT2D eigenvalue weighted by Crippen LogP contribution is 2.24. The topological polar surface area (TPSA) is 49.4 Å². The fourth-order valence-electron chi connectivity index (χ4n) is 3.23. The van der Waals surface area contributed by atoms with Crippen molar-refractivity contribution < 1.29 is 9.59 Å². The van der Waals surface area contributed by atoms with E-state index in [2.05, 4.69) is 37.4 Å². The molecular formula is C23H28Cl2N2O2S. The normalized spacial score (nSPS) is 11.8. The highest BCUT2D eigenvalue weighted by Gasteiger charge is 2.25. The van der Waals surface area contributed by atoms with E-state index in [0.29, 0.717) is 16.6 Å². The van der Waals surface area contributed by atoms with Crippen LogP contribution in [0.3, 0.4) is 0 Å². The average Bonchev–Trinajstić information content (AvgIpc) is 2.67. The smallest absolute Gasteiger partial charge is 0.242 e. The van der Waals surface area contributed by atoms with Crippen LogP contribution in [0.2, 0.25) is 10.0 Å². The summed E-state index contributed by atoms with van der Waals surface area (Å²) in [5.41, 5.74) is 4.44. The number of halogens is 2. The van der Waals surface area contributed by atoms with Crippen LogP contribution < -0.4 is 5.32 Å². The average molecular weight is 467 g/mol. The van der Waals surface area contributed by atoms with E-state index < -0.39 is 6.04 Å². The molecule has 0 saturated heterocycles. The summed E-state index contributed by atoms with van der Waals surface area (Å²) in [5.74, 6) is 0.766. The maximum absolute atomic E-state index is 13.0. The van der Waals surface area contributed by atoms with Crippen molar-refractivity contribution in [3.8, 4) is 0 Å². The first-order chi connectivity index (χ1) is 14.2. The monoisotopic (exact) mass is 466 g/mol. The second-order valence-electron chi connectivity index (χ2n) is 7.33. The molecule has 0 aliphatic heterocycles. The van der Waals surface area contributed by atoms with E-state index in [0.717, 1.165) is 11.3 Å².